The number of hydrogen-bond donors (Lipinski definition) is 1. The van der Waals surface area contributed by atoms with Crippen LogP contribution in [0.4, 0.5) is 5.69 Å². The maximum absolute atomic E-state index is 11.8. The van der Waals surface area contributed by atoms with Crippen LogP contribution in [-0.2, 0) is 17.8 Å². The van der Waals surface area contributed by atoms with Gasteiger partial charge in [-0.3, -0.25) is 4.79 Å². The van der Waals surface area contributed by atoms with Crippen LogP contribution in [0.1, 0.15) is 25.0 Å². The van der Waals surface area contributed by atoms with E-state index >= 15 is 0 Å². The minimum absolute atomic E-state index is 0.189. The van der Waals surface area contributed by atoms with E-state index in [0.717, 1.165) is 16.8 Å². The molecule has 1 aromatic rings. The van der Waals surface area contributed by atoms with Gasteiger partial charge < -0.3 is 10.6 Å². The van der Waals surface area contributed by atoms with E-state index in [-0.39, 0.29) is 11.9 Å². The fourth-order valence-electron chi connectivity index (χ4n) is 2.09. The lowest BCUT2D eigenvalue weighted by molar-refractivity contribution is -0.117. The second-order valence-electron chi connectivity index (χ2n) is 4.20. The summed E-state index contributed by atoms with van der Waals surface area (Å²) in [5.41, 5.74) is 8.82. The molecule has 2 rings (SSSR count). The molecule has 3 heteroatoms. The summed E-state index contributed by atoms with van der Waals surface area (Å²) >= 11 is 0. The first-order chi connectivity index (χ1) is 7.13. The highest BCUT2D eigenvalue weighted by atomic mass is 16.2. The number of benzene rings is 1. The van der Waals surface area contributed by atoms with Gasteiger partial charge in [0.05, 0.1) is 6.42 Å². The van der Waals surface area contributed by atoms with Crippen molar-refractivity contribution >= 4 is 11.6 Å². The number of fused-ring (bicyclic) bond motifs is 1. The van der Waals surface area contributed by atoms with Gasteiger partial charge in [0.1, 0.15) is 0 Å². The molecule has 1 aliphatic heterocycles. The molecule has 0 aromatic heterocycles. The van der Waals surface area contributed by atoms with E-state index < -0.39 is 0 Å². The van der Waals surface area contributed by atoms with Crippen molar-refractivity contribution in [2.45, 2.75) is 32.9 Å². The molecule has 0 aliphatic carbocycles. The monoisotopic (exact) mass is 204 g/mol. The Hall–Kier alpha value is -1.35. The maximum atomic E-state index is 11.8. The molecule has 1 heterocycles. The number of nitrogens with two attached hydrogens (primary N) is 1. The summed E-state index contributed by atoms with van der Waals surface area (Å²) in [7, 11) is 0. The van der Waals surface area contributed by atoms with Crippen molar-refractivity contribution in [2.24, 2.45) is 5.73 Å². The molecule has 0 saturated heterocycles. The molecular weight excluding hydrogens is 188 g/mol. The SMILES string of the molecule is CC(C)N1C(=O)Cc2cc(CN)ccc21. The quantitative estimate of drug-likeness (QED) is 0.792. The van der Waals surface area contributed by atoms with Crippen LogP contribution < -0.4 is 10.6 Å². The van der Waals surface area contributed by atoms with E-state index in [1.807, 2.05) is 36.9 Å². The molecule has 1 aliphatic rings. The van der Waals surface area contributed by atoms with Gasteiger partial charge in [-0.2, -0.15) is 0 Å². The van der Waals surface area contributed by atoms with Crippen LogP contribution >= 0.6 is 0 Å². The van der Waals surface area contributed by atoms with E-state index in [4.69, 9.17) is 5.73 Å². The minimum Gasteiger partial charge on any atom is -0.326 e. The van der Waals surface area contributed by atoms with Crippen LogP contribution in [-0.4, -0.2) is 11.9 Å². The van der Waals surface area contributed by atoms with Crippen LogP contribution in [0, 0.1) is 0 Å². The highest BCUT2D eigenvalue weighted by Gasteiger charge is 2.28. The molecule has 15 heavy (non-hydrogen) atoms. The van der Waals surface area contributed by atoms with Crippen LogP contribution in [0.25, 0.3) is 0 Å². The molecule has 0 fully saturated rings. The first-order valence-electron chi connectivity index (χ1n) is 5.27. The first-order valence-corrected chi connectivity index (χ1v) is 5.27. The standard InChI is InChI=1S/C12H16N2O/c1-8(2)14-11-4-3-9(7-13)5-10(11)6-12(14)15/h3-5,8H,6-7,13H2,1-2H3. The molecule has 0 unspecified atom stereocenters. The number of hydrogen-bond acceptors (Lipinski definition) is 2. The lowest BCUT2D eigenvalue weighted by Crippen LogP contribution is -2.33. The topological polar surface area (TPSA) is 46.3 Å². The lowest BCUT2D eigenvalue weighted by atomic mass is 10.1. The van der Waals surface area contributed by atoms with Gasteiger partial charge in [0.25, 0.3) is 0 Å². The van der Waals surface area contributed by atoms with E-state index in [9.17, 15) is 4.79 Å². The fourth-order valence-corrected chi connectivity index (χ4v) is 2.09. The zero-order valence-corrected chi connectivity index (χ0v) is 9.16. The summed E-state index contributed by atoms with van der Waals surface area (Å²) in [6.07, 6.45) is 0.515. The molecule has 0 saturated carbocycles. The Bertz CT molecular complexity index is 399. The molecule has 0 bridgehead atoms. The molecule has 0 radical (unpaired) electrons. The van der Waals surface area contributed by atoms with Crippen LogP contribution in [0.2, 0.25) is 0 Å². The summed E-state index contributed by atoms with van der Waals surface area (Å²) < 4.78 is 0. The molecule has 3 nitrogen and oxygen atoms in total. The van der Waals surface area contributed by atoms with Crippen molar-refractivity contribution in [3.8, 4) is 0 Å². The van der Waals surface area contributed by atoms with Crippen molar-refractivity contribution < 1.29 is 4.79 Å². The number of nitrogens with zero attached hydrogens (tertiary/aromatic N) is 1. The number of amides is 1. The number of rotatable bonds is 2. The van der Waals surface area contributed by atoms with Crippen molar-refractivity contribution in [1.82, 2.24) is 0 Å². The van der Waals surface area contributed by atoms with Gasteiger partial charge in [0.15, 0.2) is 0 Å². The first kappa shape index (κ1) is 10.2. The van der Waals surface area contributed by atoms with Gasteiger partial charge >= 0.3 is 0 Å². The lowest BCUT2D eigenvalue weighted by Gasteiger charge is -2.21. The van der Waals surface area contributed by atoms with Crippen molar-refractivity contribution in [2.75, 3.05) is 4.90 Å². The van der Waals surface area contributed by atoms with Gasteiger partial charge in [-0.25, -0.2) is 0 Å². The maximum Gasteiger partial charge on any atom is 0.231 e. The Balaban J connectivity index is 2.43. The number of carbonyl (C=O) groups is 1. The molecule has 80 valence electrons. The summed E-state index contributed by atoms with van der Waals surface area (Å²) in [5, 5.41) is 0. The summed E-state index contributed by atoms with van der Waals surface area (Å²) in [4.78, 5) is 13.6. The van der Waals surface area contributed by atoms with Crippen molar-refractivity contribution in [1.29, 1.82) is 0 Å². The molecule has 0 atom stereocenters. The van der Waals surface area contributed by atoms with E-state index in [1.54, 1.807) is 0 Å². The third-order valence-electron chi connectivity index (χ3n) is 2.77. The Morgan fingerprint density at radius 1 is 1.47 bits per heavy atom. The average Bonchev–Trinajstić information content (AvgIpc) is 2.52. The zero-order valence-electron chi connectivity index (χ0n) is 9.16. The second-order valence-corrected chi connectivity index (χ2v) is 4.20. The molecule has 2 N–H and O–H groups in total. The Morgan fingerprint density at radius 3 is 2.80 bits per heavy atom. The Kier molecular flexibility index (Phi) is 2.49. The second kappa shape index (κ2) is 3.66. The van der Waals surface area contributed by atoms with Gasteiger partial charge in [-0.1, -0.05) is 12.1 Å². The third-order valence-corrected chi connectivity index (χ3v) is 2.77. The van der Waals surface area contributed by atoms with Crippen LogP contribution in [0.5, 0.6) is 0 Å². The van der Waals surface area contributed by atoms with Crippen molar-refractivity contribution in [3.63, 3.8) is 0 Å². The Morgan fingerprint density at radius 2 is 2.20 bits per heavy atom. The average molecular weight is 204 g/mol. The highest BCUT2D eigenvalue weighted by Crippen LogP contribution is 2.31. The van der Waals surface area contributed by atoms with E-state index in [2.05, 4.69) is 0 Å². The molecular formula is C12H16N2O. The smallest absolute Gasteiger partial charge is 0.231 e. The zero-order chi connectivity index (χ0) is 11.0. The van der Waals surface area contributed by atoms with Crippen LogP contribution in [0.3, 0.4) is 0 Å². The largest absolute Gasteiger partial charge is 0.326 e. The summed E-state index contributed by atoms with van der Waals surface area (Å²) in [6.45, 7) is 4.59. The van der Waals surface area contributed by atoms with E-state index in [1.165, 1.54) is 0 Å². The van der Waals surface area contributed by atoms with Gasteiger partial charge in [-0.05, 0) is 31.0 Å². The highest BCUT2D eigenvalue weighted by molar-refractivity contribution is 6.01. The Labute approximate surface area is 89.9 Å². The third kappa shape index (κ3) is 1.63. The predicted octanol–water partition coefficient (Wildman–Crippen LogP) is 1.44. The van der Waals surface area contributed by atoms with Crippen molar-refractivity contribution in [3.05, 3.63) is 29.3 Å². The minimum atomic E-state index is 0.189. The van der Waals surface area contributed by atoms with Gasteiger partial charge in [0, 0.05) is 18.3 Å². The summed E-state index contributed by atoms with van der Waals surface area (Å²) in [5.74, 6) is 0.189. The van der Waals surface area contributed by atoms with Gasteiger partial charge in [0.2, 0.25) is 5.91 Å². The molecule has 1 amide bonds. The number of anilines is 1. The molecule has 0 spiro atoms. The predicted molar refractivity (Wildman–Crippen MR) is 60.7 cm³/mol. The van der Waals surface area contributed by atoms with Crippen LogP contribution in [0.15, 0.2) is 18.2 Å². The summed E-state index contributed by atoms with van der Waals surface area (Å²) in [6, 6.07) is 6.26. The normalized spacial score (nSPS) is 14.9. The fraction of sp³-hybridized carbons (Fsp3) is 0.417. The number of carbonyl (C=O) groups excluding carboxylic acids is 1. The van der Waals surface area contributed by atoms with Gasteiger partial charge in [-0.15, -0.1) is 0 Å². The van der Waals surface area contributed by atoms with E-state index in [0.29, 0.717) is 13.0 Å². The molecule has 1 aromatic carbocycles.